The maximum absolute atomic E-state index is 10.7. The zero-order chi connectivity index (χ0) is 9.07. The van der Waals surface area contributed by atoms with Gasteiger partial charge in [-0.05, 0) is 0 Å². The fraction of sp³-hybridized carbons (Fsp3) is 0.857. The van der Waals surface area contributed by atoms with E-state index in [2.05, 4.69) is 0 Å². The van der Waals surface area contributed by atoms with E-state index < -0.39 is 16.7 Å². The number of carbonyl (C=O) groups excluding carboxylic acids is 1. The number of nitrogens with two attached hydrogens (primary N) is 1. The van der Waals surface area contributed by atoms with Gasteiger partial charge in [-0.1, -0.05) is 13.8 Å². The normalized spacial score (nSPS) is 14.5. The molecule has 0 aromatic carbocycles. The molecule has 0 heterocycles. The van der Waals surface area contributed by atoms with E-state index >= 15 is 0 Å². The summed E-state index contributed by atoms with van der Waals surface area (Å²) in [6, 6.07) is 0. The lowest BCUT2D eigenvalue weighted by Crippen LogP contribution is -2.39. The van der Waals surface area contributed by atoms with Crippen LogP contribution in [0.1, 0.15) is 13.8 Å². The van der Waals surface area contributed by atoms with Gasteiger partial charge in [0.25, 0.3) is 0 Å². The molecule has 66 valence electrons. The van der Waals surface area contributed by atoms with Crippen LogP contribution in [-0.4, -0.2) is 25.0 Å². The van der Waals surface area contributed by atoms with Gasteiger partial charge in [-0.3, -0.25) is 4.79 Å². The highest BCUT2D eigenvalue weighted by atomic mass is 35.5. The molecule has 0 bridgehead atoms. The van der Waals surface area contributed by atoms with Crippen molar-refractivity contribution in [2.24, 2.45) is 11.1 Å². The first-order chi connectivity index (χ1) is 4.91. The minimum atomic E-state index is -0.678. The highest BCUT2D eigenvalue weighted by Crippen LogP contribution is 2.25. The van der Waals surface area contributed by atoms with Gasteiger partial charge in [-0.2, -0.15) is 0 Å². The number of hydrogen-bond donors (Lipinski definition) is 1. The van der Waals surface area contributed by atoms with Crippen LogP contribution in [0, 0.1) is 5.41 Å². The van der Waals surface area contributed by atoms with E-state index in [0.29, 0.717) is 6.61 Å². The Morgan fingerprint density at radius 1 is 1.73 bits per heavy atom. The van der Waals surface area contributed by atoms with Crippen molar-refractivity contribution in [1.82, 2.24) is 0 Å². The molecule has 0 aliphatic carbocycles. The first kappa shape index (κ1) is 10.7. The van der Waals surface area contributed by atoms with E-state index in [1.54, 1.807) is 7.11 Å². The van der Waals surface area contributed by atoms with Gasteiger partial charge in [0, 0.05) is 12.5 Å². The summed E-state index contributed by atoms with van der Waals surface area (Å²) in [5, 5.41) is -0.678. The molecule has 0 spiro atoms. The van der Waals surface area contributed by atoms with Crippen molar-refractivity contribution >= 4 is 17.5 Å². The number of halogens is 1. The van der Waals surface area contributed by atoms with E-state index in [9.17, 15) is 4.79 Å². The molecular weight excluding hydrogens is 166 g/mol. The van der Waals surface area contributed by atoms with Gasteiger partial charge in [0.15, 0.2) is 0 Å². The van der Waals surface area contributed by atoms with Gasteiger partial charge in [-0.15, -0.1) is 11.6 Å². The molecule has 0 aromatic heterocycles. The fourth-order valence-corrected chi connectivity index (χ4v) is 0.893. The second-order valence-corrected chi connectivity index (χ2v) is 3.62. The average Bonchev–Trinajstić information content (AvgIpc) is 1.86. The van der Waals surface area contributed by atoms with Crippen molar-refractivity contribution in [1.29, 1.82) is 0 Å². The summed E-state index contributed by atoms with van der Waals surface area (Å²) in [7, 11) is 1.56. The summed E-state index contributed by atoms with van der Waals surface area (Å²) in [5.41, 5.74) is 4.63. The first-order valence-electron chi connectivity index (χ1n) is 3.34. The molecule has 0 aromatic rings. The Morgan fingerprint density at radius 2 is 2.18 bits per heavy atom. The van der Waals surface area contributed by atoms with Gasteiger partial charge >= 0.3 is 0 Å². The van der Waals surface area contributed by atoms with Crippen LogP contribution in [-0.2, 0) is 9.53 Å². The van der Waals surface area contributed by atoms with Crippen LogP contribution in [0.25, 0.3) is 0 Å². The molecule has 0 aliphatic heterocycles. The van der Waals surface area contributed by atoms with Crippen LogP contribution in [0.2, 0.25) is 0 Å². The summed E-state index contributed by atoms with van der Waals surface area (Å²) >= 11 is 5.73. The zero-order valence-corrected chi connectivity index (χ0v) is 7.81. The Morgan fingerprint density at radius 3 is 2.45 bits per heavy atom. The van der Waals surface area contributed by atoms with Crippen molar-refractivity contribution < 1.29 is 9.53 Å². The lowest BCUT2D eigenvalue weighted by molar-refractivity contribution is -0.120. The van der Waals surface area contributed by atoms with Gasteiger partial charge in [0.05, 0.1) is 6.61 Å². The average molecular weight is 180 g/mol. The number of amides is 1. The molecule has 0 aliphatic rings. The number of alkyl halides is 1. The van der Waals surface area contributed by atoms with Crippen molar-refractivity contribution in [2.45, 2.75) is 19.2 Å². The lowest BCUT2D eigenvalue weighted by atomic mass is 9.89. The van der Waals surface area contributed by atoms with Gasteiger partial charge in [-0.25, -0.2) is 0 Å². The smallest absolute Gasteiger partial charge is 0.236 e. The van der Waals surface area contributed by atoms with Crippen molar-refractivity contribution in [3.05, 3.63) is 0 Å². The van der Waals surface area contributed by atoms with Crippen molar-refractivity contribution in [3.8, 4) is 0 Å². The lowest BCUT2D eigenvalue weighted by Gasteiger charge is -2.26. The third kappa shape index (κ3) is 3.08. The van der Waals surface area contributed by atoms with Crippen molar-refractivity contribution in [2.75, 3.05) is 13.7 Å². The van der Waals surface area contributed by atoms with Gasteiger partial charge < -0.3 is 10.5 Å². The largest absolute Gasteiger partial charge is 0.384 e. The van der Waals surface area contributed by atoms with Gasteiger partial charge in [0.2, 0.25) is 5.91 Å². The number of carbonyl (C=O) groups is 1. The van der Waals surface area contributed by atoms with E-state index in [1.165, 1.54) is 0 Å². The SMILES string of the molecule is COCC(C)(C)C(Cl)C(N)=O. The topological polar surface area (TPSA) is 52.3 Å². The summed E-state index contributed by atoms with van der Waals surface area (Å²) in [5.74, 6) is -0.506. The predicted octanol–water partition coefficient (Wildman–Crippen LogP) is 0.752. The molecule has 11 heavy (non-hydrogen) atoms. The first-order valence-corrected chi connectivity index (χ1v) is 3.78. The summed E-state index contributed by atoms with van der Waals surface area (Å²) in [6.07, 6.45) is 0. The molecule has 1 amide bonds. The Hall–Kier alpha value is -0.280. The molecule has 0 radical (unpaired) electrons. The third-order valence-corrected chi connectivity index (χ3v) is 2.26. The second kappa shape index (κ2) is 3.93. The Labute approximate surface area is 71.8 Å². The Kier molecular flexibility index (Phi) is 3.83. The summed E-state index contributed by atoms with van der Waals surface area (Å²) in [4.78, 5) is 10.7. The molecule has 3 nitrogen and oxygen atoms in total. The van der Waals surface area contributed by atoms with Crippen LogP contribution >= 0.6 is 11.6 Å². The number of rotatable bonds is 4. The molecule has 0 saturated carbocycles. The number of hydrogen-bond acceptors (Lipinski definition) is 2. The van der Waals surface area contributed by atoms with Crippen LogP contribution < -0.4 is 5.73 Å². The molecule has 1 unspecified atom stereocenters. The maximum Gasteiger partial charge on any atom is 0.236 e. The molecule has 0 saturated heterocycles. The summed E-state index contributed by atoms with van der Waals surface area (Å²) in [6.45, 7) is 4.09. The number of methoxy groups -OCH3 is 1. The van der Waals surface area contributed by atoms with Crippen LogP contribution in [0.5, 0.6) is 0 Å². The van der Waals surface area contributed by atoms with E-state index in [4.69, 9.17) is 22.1 Å². The van der Waals surface area contributed by atoms with E-state index in [1.807, 2.05) is 13.8 Å². The van der Waals surface area contributed by atoms with Gasteiger partial charge in [0.1, 0.15) is 5.38 Å². The molecule has 4 heteroatoms. The minimum absolute atomic E-state index is 0.401. The molecular formula is C7H14ClNO2. The van der Waals surface area contributed by atoms with E-state index in [0.717, 1.165) is 0 Å². The van der Waals surface area contributed by atoms with Crippen LogP contribution in [0.4, 0.5) is 0 Å². The summed E-state index contributed by atoms with van der Waals surface area (Å²) < 4.78 is 4.89. The predicted molar refractivity (Wildman–Crippen MR) is 44.5 cm³/mol. The fourth-order valence-electron chi connectivity index (χ4n) is 0.830. The zero-order valence-electron chi connectivity index (χ0n) is 7.06. The Bertz CT molecular complexity index is 147. The second-order valence-electron chi connectivity index (χ2n) is 3.19. The molecule has 2 N–H and O–H groups in total. The molecule has 1 atom stereocenters. The van der Waals surface area contributed by atoms with Crippen LogP contribution in [0.15, 0.2) is 0 Å². The number of ether oxygens (including phenoxy) is 1. The standard InChI is InChI=1S/C7H14ClNO2/c1-7(2,4-11-3)5(8)6(9)10/h5H,4H2,1-3H3,(H2,9,10). The Balaban J connectivity index is 4.16. The highest BCUT2D eigenvalue weighted by molar-refractivity contribution is 6.31. The molecule has 0 rings (SSSR count). The monoisotopic (exact) mass is 179 g/mol. The van der Waals surface area contributed by atoms with Crippen LogP contribution in [0.3, 0.4) is 0 Å². The van der Waals surface area contributed by atoms with Crippen molar-refractivity contribution in [3.63, 3.8) is 0 Å². The highest BCUT2D eigenvalue weighted by Gasteiger charge is 2.31. The number of primary amides is 1. The maximum atomic E-state index is 10.7. The van der Waals surface area contributed by atoms with E-state index in [-0.39, 0.29) is 0 Å². The quantitative estimate of drug-likeness (QED) is 0.648. The minimum Gasteiger partial charge on any atom is -0.384 e. The molecule has 0 fully saturated rings. The third-order valence-electron chi connectivity index (χ3n) is 1.45.